The van der Waals surface area contributed by atoms with Crippen molar-refractivity contribution in [1.82, 2.24) is 19.1 Å². The van der Waals surface area contributed by atoms with Gasteiger partial charge >= 0.3 is 0 Å². The Balaban J connectivity index is 1.57. The van der Waals surface area contributed by atoms with E-state index in [2.05, 4.69) is 14.8 Å². The van der Waals surface area contributed by atoms with E-state index in [1.807, 2.05) is 0 Å². The monoisotopic (exact) mass is 326 g/mol. The average molecular weight is 326 g/mol. The minimum absolute atomic E-state index is 0.307. The Morgan fingerprint density at radius 3 is 2.73 bits per heavy atom. The van der Waals surface area contributed by atoms with Crippen LogP contribution in [-0.4, -0.2) is 53.4 Å². The second kappa shape index (κ2) is 5.01. The molecule has 1 saturated carbocycles. The summed E-state index contributed by atoms with van der Waals surface area (Å²) in [6, 6.07) is 0. The molecule has 4 rings (SSSR count). The molecule has 0 N–H and O–H groups in total. The van der Waals surface area contributed by atoms with Gasteiger partial charge in [-0.15, -0.1) is 10.2 Å². The summed E-state index contributed by atoms with van der Waals surface area (Å²) in [5, 5.41) is 8.65. The van der Waals surface area contributed by atoms with Gasteiger partial charge in [0.15, 0.2) is 5.82 Å². The molecule has 3 aliphatic rings. The van der Waals surface area contributed by atoms with Gasteiger partial charge < -0.3 is 9.30 Å². The summed E-state index contributed by atoms with van der Waals surface area (Å²) in [5.74, 6) is 1.82. The summed E-state index contributed by atoms with van der Waals surface area (Å²) < 4.78 is 33.0. The number of sulfonamides is 1. The van der Waals surface area contributed by atoms with E-state index in [4.69, 9.17) is 4.74 Å². The molecular weight excluding hydrogens is 304 g/mol. The van der Waals surface area contributed by atoms with Gasteiger partial charge in [-0.2, -0.15) is 4.31 Å². The molecule has 1 aliphatic carbocycles. The third kappa shape index (κ3) is 2.57. The molecule has 0 aromatic carbocycles. The fraction of sp³-hybridized carbons (Fsp3) is 0.857. The van der Waals surface area contributed by atoms with Crippen molar-refractivity contribution in [2.75, 3.05) is 26.0 Å². The van der Waals surface area contributed by atoms with Gasteiger partial charge in [0.05, 0.1) is 12.9 Å². The molecule has 8 heteroatoms. The molecule has 1 spiro atoms. The van der Waals surface area contributed by atoms with Gasteiger partial charge in [-0.25, -0.2) is 8.42 Å². The molecule has 22 heavy (non-hydrogen) atoms. The molecule has 1 saturated heterocycles. The third-order valence-electron chi connectivity index (χ3n) is 5.34. The number of morpholine rings is 1. The maximum atomic E-state index is 11.8. The zero-order valence-electron chi connectivity index (χ0n) is 12.9. The number of nitrogens with zero attached hydrogens (tertiary/aromatic N) is 4. The van der Waals surface area contributed by atoms with Crippen LogP contribution in [-0.2, 0) is 27.7 Å². The van der Waals surface area contributed by atoms with Crippen LogP contribution < -0.4 is 0 Å². The van der Waals surface area contributed by atoms with E-state index < -0.39 is 10.0 Å². The third-order valence-corrected chi connectivity index (χ3v) is 6.61. The van der Waals surface area contributed by atoms with Gasteiger partial charge in [-0.1, -0.05) is 0 Å². The Kier molecular flexibility index (Phi) is 3.32. The Hall–Kier alpha value is -0.990. The van der Waals surface area contributed by atoms with Crippen molar-refractivity contribution >= 4 is 10.0 Å². The van der Waals surface area contributed by atoms with E-state index in [1.54, 1.807) is 0 Å². The second-order valence-electron chi connectivity index (χ2n) is 6.86. The summed E-state index contributed by atoms with van der Waals surface area (Å²) in [5.41, 5.74) is 0.546. The highest BCUT2D eigenvalue weighted by Gasteiger charge is 2.44. The molecule has 7 nitrogen and oxygen atoms in total. The minimum atomic E-state index is -3.19. The first-order valence-corrected chi connectivity index (χ1v) is 9.80. The largest absolute Gasteiger partial charge is 0.367 e. The number of hydrogen-bond acceptors (Lipinski definition) is 5. The quantitative estimate of drug-likeness (QED) is 0.800. The van der Waals surface area contributed by atoms with E-state index in [0.29, 0.717) is 25.1 Å². The highest BCUT2D eigenvalue weighted by Crippen LogP contribution is 2.53. The minimum Gasteiger partial charge on any atom is -0.367 e. The van der Waals surface area contributed by atoms with Crippen molar-refractivity contribution in [2.24, 2.45) is 5.41 Å². The van der Waals surface area contributed by atoms with E-state index in [-0.39, 0.29) is 6.10 Å². The van der Waals surface area contributed by atoms with Crippen LogP contribution in [0.25, 0.3) is 0 Å². The fourth-order valence-corrected chi connectivity index (χ4v) is 4.44. The molecule has 0 amide bonds. The van der Waals surface area contributed by atoms with E-state index >= 15 is 0 Å². The van der Waals surface area contributed by atoms with Gasteiger partial charge in [-0.3, -0.25) is 0 Å². The highest BCUT2D eigenvalue weighted by atomic mass is 32.2. The van der Waals surface area contributed by atoms with Crippen molar-refractivity contribution < 1.29 is 13.2 Å². The smallest absolute Gasteiger partial charge is 0.211 e. The zero-order valence-corrected chi connectivity index (χ0v) is 13.7. The van der Waals surface area contributed by atoms with Crippen LogP contribution in [0.5, 0.6) is 0 Å². The van der Waals surface area contributed by atoms with Crippen molar-refractivity contribution in [3.63, 3.8) is 0 Å². The van der Waals surface area contributed by atoms with Crippen LogP contribution in [0.2, 0.25) is 0 Å². The van der Waals surface area contributed by atoms with Gasteiger partial charge in [0.1, 0.15) is 11.9 Å². The van der Waals surface area contributed by atoms with Crippen LogP contribution in [0.1, 0.15) is 43.4 Å². The topological polar surface area (TPSA) is 77.3 Å². The molecular formula is C14H22N4O3S. The van der Waals surface area contributed by atoms with Crippen LogP contribution in [0, 0.1) is 5.41 Å². The number of fused-ring (bicyclic) bond motifs is 1. The SMILES string of the molecule is CS(=O)(=O)N1CCOC(c2nnc3n2CCC2(CC3)CC2)C1. The summed E-state index contributed by atoms with van der Waals surface area (Å²) in [4.78, 5) is 0. The lowest BCUT2D eigenvalue weighted by atomic mass is 9.97. The highest BCUT2D eigenvalue weighted by molar-refractivity contribution is 7.88. The summed E-state index contributed by atoms with van der Waals surface area (Å²) >= 11 is 0. The van der Waals surface area contributed by atoms with Crippen LogP contribution in [0.3, 0.4) is 0 Å². The van der Waals surface area contributed by atoms with E-state index in [1.165, 1.54) is 36.2 Å². The van der Waals surface area contributed by atoms with Gasteiger partial charge in [0.2, 0.25) is 10.0 Å². The van der Waals surface area contributed by atoms with E-state index in [0.717, 1.165) is 24.6 Å². The molecule has 1 aromatic rings. The Bertz CT molecular complexity index is 680. The van der Waals surface area contributed by atoms with E-state index in [9.17, 15) is 8.42 Å². The molecule has 1 aromatic heterocycles. The fourth-order valence-electron chi connectivity index (χ4n) is 3.63. The molecule has 1 unspecified atom stereocenters. The van der Waals surface area contributed by atoms with Gasteiger partial charge in [0.25, 0.3) is 0 Å². The number of aryl methyl sites for hydroxylation is 1. The molecule has 0 radical (unpaired) electrons. The molecule has 122 valence electrons. The maximum Gasteiger partial charge on any atom is 0.211 e. The van der Waals surface area contributed by atoms with Crippen molar-refractivity contribution in [3.8, 4) is 0 Å². The Labute approximate surface area is 130 Å². The Morgan fingerprint density at radius 2 is 2.00 bits per heavy atom. The predicted molar refractivity (Wildman–Crippen MR) is 79.7 cm³/mol. The molecule has 1 atom stereocenters. The maximum absolute atomic E-state index is 11.8. The van der Waals surface area contributed by atoms with Crippen molar-refractivity contribution in [3.05, 3.63) is 11.6 Å². The summed E-state index contributed by atoms with van der Waals surface area (Å²) in [7, 11) is -3.19. The lowest BCUT2D eigenvalue weighted by Gasteiger charge is -2.30. The summed E-state index contributed by atoms with van der Waals surface area (Å²) in [6.45, 7) is 2.09. The molecule has 3 heterocycles. The van der Waals surface area contributed by atoms with Crippen molar-refractivity contribution in [1.29, 1.82) is 0 Å². The van der Waals surface area contributed by atoms with Gasteiger partial charge in [-0.05, 0) is 31.1 Å². The number of hydrogen-bond donors (Lipinski definition) is 0. The first kappa shape index (κ1) is 14.6. The lowest BCUT2D eigenvalue weighted by molar-refractivity contribution is -0.00954. The van der Waals surface area contributed by atoms with Crippen LogP contribution in [0.15, 0.2) is 0 Å². The molecule has 0 bridgehead atoms. The predicted octanol–water partition coefficient (Wildman–Crippen LogP) is 0.727. The normalized spacial score (nSPS) is 28.3. The number of rotatable bonds is 2. The zero-order chi connectivity index (χ0) is 15.4. The number of aromatic nitrogens is 3. The van der Waals surface area contributed by atoms with Gasteiger partial charge in [0, 0.05) is 26.1 Å². The first-order chi connectivity index (χ1) is 10.5. The molecule has 2 fully saturated rings. The molecule has 2 aliphatic heterocycles. The standard InChI is InChI=1S/C14H22N4O3S/c1-22(19,20)17-8-9-21-11(10-17)13-16-15-12-2-3-14(4-5-14)6-7-18(12)13/h11H,2-10H2,1H3. The van der Waals surface area contributed by atoms with Crippen molar-refractivity contribution in [2.45, 2.75) is 44.8 Å². The first-order valence-electron chi connectivity index (χ1n) is 7.96. The lowest BCUT2D eigenvalue weighted by Crippen LogP contribution is -2.42. The summed E-state index contributed by atoms with van der Waals surface area (Å²) in [6.07, 6.45) is 6.95. The number of ether oxygens (including phenoxy) is 1. The second-order valence-corrected chi connectivity index (χ2v) is 8.84. The van der Waals surface area contributed by atoms with Crippen LogP contribution >= 0.6 is 0 Å². The average Bonchev–Trinajstić information content (AvgIpc) is 3.19. The Morgan fingerprint density at radius 1 is 1.18 bits per heavy atom. The van der Waals surface area contributed by atoms with Crippen LogP contribution in [0.4, 0.5) is 0 Å².